The largest absolute Gasteiger partial charge is 0.508 e. The van der Waals surface area contributed by atoms with Gasteiger partial charge in [-0.3, -0.25) is 0 Å². The molecule has 0 amide bonds. The monoisotopic (exact) mass is 295 g/mol. The van der Waals surface area contributed by atoms with Gasteiger partial charge >= 0.3 is 5.63 Å². The van der Waals surface area contributed by atoms with Crippen molar-refractivity contribution in [2.45, 2.75) is 20.4 Å². The van der Waals surface area contributed by atoms with Crippen LogP contribution in [0.5, 0.6) is 5.75 Å². The average molecular weight is 295 g/mol. The van der Waals surface area contributed by atoms with Crippen LogP contribution in [-0.2, 0) is 6.54 Å². The number of rotatable bonds is 3. The third kappa shape index (κ3) is 2.96. The third-order valence-corrected chi connectivity index (χ3v) is 3.52. The minimum Gasteiger partial charge on any atom is -0.508 e. The number of hydrogen-bond donors (Lipinski definition) is 2. The smallest absolute Gasteiger partial charge is 0.336 e. The van der Waals surface area contributed by atoms with Crippen LogP contribution in [0.4, 0.5) is 5.69 Å². The molecule has 0 saturated carbocycles. The van der Waals surface area contributed by atoms with Crippen LogP contribution in [0.15, 0.2) is 51.7 Å². The maximum atomic E-state index is 11.7. The van der Waals surface area contributed by atoms with Gasteiger partial charge in [0.1, 0.15) is 11.3 Å². The quantitative estimate of drug-likeness (QED) is 0.723. The molecule has 0 atom stereocenters. The molecule has 0 radical (unpaired) electrons. The predicted molar refractivity (Wildman–Crippen MR) is 87.4 cm³/mol. The van der Waals surface area contributed by atoms with Crippen LogP contribution in [0, 0.1) is 13.8 Å². The Kier molecular flexibility index (Phi) is 3.59. The number of aryl methyl sites for hydroxylation is 2. The van der Waals surface area contributed by atoms with Gasteiger partial charge in [-0.1, -0.05) is 6.07 Å². The van der Waals surface area contributed by atoms with Crippen molar-refractivity contribution in [2.24, 2.45) is 0 Å². The van der Waals surface area contributed by atoms with Crippen LogP contribution < -0.4 is 10.9 Å². The molecule has 0 aliphatic carbocycles. The molecular formula is C18H17NO3. The van der Waals surface area contributed by atoms with Gasteiger partial charge in [-0.25, -0.2) is 4.79 Å². The van der Waals surface area contributed by atoms with E-state index in [1.54, 1.807) is 12.1 Å². The highest BCUT2D eigenvalue weighted by atomic mass is 16.4. The molecule has 2 aromatic carbocycles. The van der Waals surface area contributed by atoms with Gasteiger partial charge in [-0.15, -0.1) is 0 Å². The summed E-state index contributed by atoms with van der Waals surface area (Å²) < 4.78 is 5.13. The number of anilines is 1. The van der Waals surface area contributed by atoms with Crippen molar-refractivity contribution in [3.8, 4) is 5.75 Å². The summed E-state index contributed by atoms with van der Waals surface area (Å²) in [7, 11) is 0. The SMILES string of the molecule is Cc1cc(C)cc(NCc2cc(=O)oc3cc(O)ccc23)c1. The average Bonchev–Trinajstić information content (AvgIpc) is 2.43. The van der Waals surface area contributed by atoms with Crippen molar-refractivity contribution in [3.63, 3.8) is 0 Å². The van der Waals surface area contributed by atoms with Crippen LogP contribution >= 0.6 is 0 Å². The molecule has 112 valence electrons. The van der Waals surface area contributed by atoms with E-state index in [1.807, 2.05) is 13.8 Å². The molecule has 0 aliphatic heterocycles. The highest BCUT2D eigenvalue weighted by Crippen LogP contribution is 2.23. The van der Waals surface area contributed by atoms with Gasteiger partial charge < -0.3 is 14.8 Å². The fourth-order valence-electron chi connectivity index (χ4n) is 2.64. The first kappa shape index (κ1) is 14.2. The minimum absolute atomic E-state index is 0.0788. The van der Waals surface area contributed by atoms with E-state index in [-0.39, 0.29) is 5.75 Å². The zero-order chi connectivity index (χ0) is 15.7. The lowest BCUT2D eigenvalue weighted by molar-refractivity contribution is 0.473. The van der Waals surface area contributed by atoms with Gasteiger partial charge in [0.05, 0.1) is 0 Å². The van der Waals surface area contributed by atoms with Crippen molar-refractivity contribution in [1.29, 1.82) is 0 Å². The molecule has 0 bridgehead atoms. The van der Waals surface area contributed by atoms with Gasteiger partial charge in [-0.05, 0) is 54.8 Å². The molecule has 2 N–H and O–H groups in total. The Balaban J connectivity index is 1.95. The van der Waals surface area contributed by atoms with E-state index in [4.69, 9.17) is 4.42 Å². The van der Waals surface area contributed by atoms with Crippen molar-refractivity contribution in [2.75, 3.05) is 5.32 Å². The fourth-order valence-corrected chi connectivity index (χ4v) is 2.64. The van der Waals surface area contributed by atoms with Crippen molar-refractivity contribution in [3.05, 3.63) is 69.6 Å². The van der Waals surface area contributed by atoms with E-state index >= 15 is 0 Å². The highest BCUT2D eigenvalue weighted by molar-refractivity contribution is 5.81. The molecule has 3 rings (SSSR count). The summed E-state index contributed by atoms with van der Waals surface area (Å²) in [4.78, 5) is 11.7. The first-order valence-corrected chi connectivity index (χ1v) is 7.09. The number of phenols is 1. The van der Waals surface area contributed by atoms with E-state index in [0.29, 0.717) is 12.1 Å². The van der Waals surface area contributed by atoms with Crippen molar-refractivity contribution >= 4 is 16.7 Å². The van der Waals surface area contributed by atoms with Gasteiger partial charge in [0.15, 0.2) is 0 Å². The zero-order valence-corrected chi connectivity index (χ0v) is 12.5. The number of fused-ring (bicyclic) bond motifs is 1. The predicted octanol–water partition coefficient (Wildman–Crippen LogP) is 3.73. The third-order valence-electron chi connectivity index (χ3n) is 3.52. The molecule has 4 heteroatoms. The van der Waals surface area contributed by atoms with Gasteiger partial charge in [0.25, 0.3) is 0 Å². The summed E-state index contributed by atoms with van der Waals surface area (Å²) >= 11 is 0. The second kappa shape index (κ2) is 5.56. The maximum absolute atomic E-state index is 11.7. The fraction of sp³-hybridized carbons (Fsp3) is 0.167. The first-order chi connectivity index (χ1) is 10.5. The summed E-state index contributed by atoms with van der Waals surface area (Å²) in [5.41, 5.74) is 4.19. The van der Waals surface area contributed by atoms with E-state index in [0.717, 1.165) is 16.6 Å². The molecule has 4 nitrogen and oxygen atoms in total. The van der Waals surface area contributed by atoms with Crippen LogP contribution in [0.1, 0.15) is 16.7 Å². The Bertz CT molecular complexity index is 876. The van der Waals surface area contributed by atoms with Crippen LogP contribution in [0.25, 0.3) is 11.0 Å². The molecule has 0 saturated heterocycles. The van der Waals surface area contributed by atoms with Crippen LogP contribution in [0.3, 0.4) is 0 Å². The Morgan fingerprint density at radius 3 is 2.50 bits per heavy atom. The molecule has 1 aromatic heterocycles. The summed E-state index contributed by atoms with van der Waals surface area (Å²) in [6.07, 6.45) is 0. The Labute approximate surface area is 128 Å². The molecule has 0 unspecified atom stereocenters. The molecule has 22 heavy (non-hydrogen) atoms. The molecule has 0 fully saturated rings. The lowest BCUT2D eigenvalue weighted by atomic mass is 10.1. The zero-order valence-electron chi connectivity index (χ0n) is 12.5. The number of benzene rings is 2. The van der Waals surface area contributed by atoms with Crippen molar-refractivity contribution < 1.29 is 9.52 Å². The summed E-state index contributed by atoms with van der Waals surface area (Å²) in [5, 5.41) is 13.7. The van der Waals surface area contributed by atoms with Crippen LogP contribution in [0.2, 0.25) is 0 Å². The summed E-state index contributed by atoms with van der Waals surface area (Å²) in [6.45, 7) is 4.61. The summed E-state index contributed by atoms with van der Waals surface area (Å²) in [5.74, 6) is 0.0788. The maximum Gasteiger partial charge on any atom is 0.336 e. The van der Waals surface area contributed by atoms with Gasteiger partial charge in [0.2, 0.25) is 0 Å². The number of nitrogens with one attached hydrogen (secondary N) is 1. The summed E-state index contributed by atoms with van der Waals surface area (Å²) in [6, 6.07) is 12.5. The number of hydrogen-bond acceptors (Lipinski definition) is 4. The minimum atomic E-state index is -0.421. The lowest BCUT2D eigenvalue weighted by Crippen LogP contribution is -2.06. The van der Waals surface area contributed by atoms with E-state index < -0.39 is 5.63 Å². The Morgan fingerprint density at radius 1 is 1.05 bits per heavy atom. The van der Waals surface area contributed by atoms with Crippen LogP contribution in [-0.4, -0.2) is 5.11 Å². The molecule has 3 aromatic rings. The highest BCUT2D eigenvalue weighted by Gasteiger charge is 2.07. The normalized spacial score (nSPS) is 10.8. The Morgan fingerprint density at radius 2 is 1.77 bits per heavy atom. The van der Waals surface area contributed by atoms with Gasteiger partial charge in [-0.2, -0.15) is 0 Å². The first-order valence-electron chi connectivity index (χ1n) is 7.09. The molecular weight excluding hydrogens is 278 g/mol. The van der Waals surface area contributed by atoms with Gasteiger partial charge in [0, 0.05) is 29.8 Å². The molecule has 0 spiro atoms. The topological polar surface area (TPSA) is 62.5 Å². The van der Waals surface area contributed by atoms with E-state index in [9.17, 15) is 9.90 Å². The second-order valence-corrected chi connectivity index (χ2v) is 5.50. The molecule has 1 heterocycles. The molecule has 0 aliphatic rings. The Hall–Kier alpha value is -2.75. The van der Waals surface area contributed by atoms with E-state index in [1.165, 1.54) is 23.3 Å². The second-order valence-electron chi connectivity index (χ2n) is 5.50. The number of aromatic hydroxyl groups is 1. The van der Waals surface area contributed by atoms with Crippen molar-refractivity contribution in [1.82, 2.24) is 0 Å². The number of phenolic OH excluding ortho intramolecular Hbond substituents is 1. The standard InChI is InChI=1S/C18H17NO3/c1-11-5-12(2)7-14(6-11)19-10-13-8-18(21)22-17-9-15(20)3-4-16(13)17/h3-9,19-20H,10H2,1-2H3. The lowest BCUT2D eigenvalue weighted by Gasteiger charge is -2.10. The van der Waals surface area contributed by atoms with E-state index in [2.05, 4.69) is 23.5 Å².